The molecule has 0 bridgehead atoms. The van der Waals surface area contributed by atoms with Gasteiger partial charge in [-0.15, -0.1) is 0 Å². The highest BCUT2D eigenvalue weighted by atomic mass is 16.5. The lowest BCUT2D eigenvalue weighted by Crippen LogP contribution is -2.24. The summed E-state index contributed by atoms with van der Waals surface area (Å²) in [5, 5.41) is 8.71. The monoisotopic (exact) mass is 253 g/mol. The molecule has 2 aromatic rings. The van der Waals surface area contributed by atoms with Crippen LogP contribution in [0.1, 0.15) is 5.56 Å². The Morgan fingerprint density at radius 1 is 1.21 bits per heavy atom. The van der Waals surface area contributed by atoms with Crippen LogP contribution in [-0.4, -0.2) is 25.2 Å². The standard InChI is InChI=1S/C15H15N3O/c1-18(15-8-7-13(11-16)12-17-15)9-10-19-14-5-3-2-4-6-14/h2-8,12H,9-10H2,1H3. The molecule has 1 heterocycles. The van der Waals surface area contributed by atoms with Gasteiger partial charge in [-0.3, -0.25) is 0 Å². The SMILES string of the molecule is CN(CCOc1ccccc1)c1ccc(C#N)cn1. The van der Waals surface area contributed by atoms with Gasteiger partial charge in [0.2, 0.25) is 0 Å². The van der Waals surface area contributed by atoms with Crippen molar-refractivity contribution < 1.29 is 4.74 Å². The summed E-state index contributed by atoms with van der Waals surface area (Å²) in [7, 11) is 1.95. The van der Waals surface area contributed by atoms with Gasteiger partial charge >= 0.3 is 0 Å². The maximum Gasteiger partial charge on any atom is 0.128 e. The van der Waals surface area contributed by atoms with Crippen molar-refractivity contribution in [2.75, 3.05) is 25.1 Å². The topological polar surface area (TPSA) is 49.1 Å². The number of rotatable bonds is 5. The molecule has 1 aromatic heterocycles. The highest BCUT2D eigenvalue weighted by Crippen LogP contribution is 2.10. The molecule has 0 atom stereocenters. The van der Waals surface area contributed by atoms with E-state index < -0.39 is 0 Å². The van der Waals surface area contributed by atoms with Crippen molar-refractivity contribution >= 4 is 5.82 Å². The Kier molecular flexibility index (Phi) is 4.35. The quantitative estimate of drug-likeness (QED) is 0.821. The molecule has 0 fully saturated rings. The molecule has 19 heavy (non-hydrogen) atoms. The van der Waals surface area contributed by atoms with E-state index in [4.69, 9.17) is 10.00 Å². The molecule has 0 aliphatic carbocycles. The van der Waals surface area contributed by atoms with Gasteiger partial charge in [0.1, 0.15) is 24.2 Å². The van der Waals surface area contributed by atoms with Crippen LogP contribution in [-0.2, 0) is 0 Å². The lowest BCUT2D eigenvalue weighted by Gasteiger charge is -2.18. The van der Waals surface area contributed by atoms with Gasteiger partial charge in [0.05, 0.1) is 12.1 Å². The van der Waals surface area contributed by atoms with Crippen LogP contribution in [0.25, 0.3) is 0 Å². The van der Waals surface area contributed by atoms with Crippen LogP contribution in [0, 0.1) is 11.3 Å². The van der Waals surface area contributed by atoms with E-state index >= 15 is 0 Å². The first-order chi connectivity index (χ1) is 9.29. The van der Waals surface area contributed by atoms with E-state index in [1.54, 1.807) is 12.3 Å². The minimum atomic E-state index is 0.567. The number of anilines is 1. The van der Waals surface area contributed by atoms with Gasteiger partial charge in [-0.1, -0.05) is 18.2 Å². The third-order valence-electron chi connectivity index (χ3n) is 2.71. The first kappa shape index (κ1) is 12.9. The maximum atomic E-state index is 8.71. The molecule has 4 heteroatoms. The van der Waals surface area contributed by atoms with E-state index in [1.165, 1.54) is 0 Å². The average molecular weight is 253 g/mol. The molecule has 0 aliphatic heterocycles. The summed E-state index contributed by atoms with van der Waals surface area (Å²) >= 11 is 0. The van der Waals surface area contributed by atoms with Crippen LogP contribution in [0.2, 0.25) is 0 Å². The van der Waals surface area contributed by atoms with Crippen molar-refractivity contribution in [2.24, 2.45) is 0 Å². The summed E-state index contributed by atoms with van der Waals surface area (Å²) < 4.78 is 5.62. The Labute approximate surface area is 112 Å². The van der Waals surface area contributed by atoms with E-state index in [2.05, 4.69) is 11.1 Å². The van der Waals surface area contributed by atoms with E-state index in [0.29, 0.717) is 12.2 Å². The Hall–Kier alpha value is -2.54. The molecule has 1 aromatic carbocycles. The Morgan fingerprint density at radius 2 is 2.00 bits per heavy atom. The summed E-state index contributed by atoms with van der Waals surface area (Å²) in [5.41, 5.74) is 0.567. The third-order valence-corrected chi connectivity index (χ3v) is 2.71. The van der Waals surface area contributed by atoms with Crippen LogP contribution in [0.15, 0.2) is 48.7 Å². The summed E-state index contributed by atoms with van der Waals surface area (Å²) in [4.78, 5) is 6.21. The predicted octanol–water partition coefficient (Wildman–Crippen LogP) is 2.47. The fourth-order valence-electron chi connectivity index (χ4n) is 1.61. The van der Waals surface area contributed by atoms with Gasteiger partial charge in [0.15, 0.2) is 0 Å². The molecular formula is C15H15N3O. The smallest absolute Gasteiger partial charge is 0.128 e. The van der Waals surface area contributed by atoms with Crippen LogP contribution in [0.4, 0.5) is 5.82 Å². The normalized spacial score (nSPS) is 9.68. The minimum absolute atomic E-state index is 0.567. The average Bonchev–Trinajstić information content (AvgIpc) is 2.48. The number of benzene rings is 1. The molecule has 96 valence electrons. The fraction of sp³-hybridized carbons (Fsp3) is 0.200. The van der Waals surface area contributed by atoms with E-state index in [-0.39, 0.29) is 0 Å². The van der Waals surface area contributed by atoms with Crippen molar-refractivity contribution in [1.82, 2.24) is 4.98 Å². The van der Waals surface area contributed by atoms with E-state index in [1.807, 2.05) is 48.3 Å². The molecule has 0 radical (unpaired) electrons. The van der Waals surface area contributed by atoms with Crippen LogP contribution in [0.5, 0.6) is 5.75 Å². The molecule has 0 saturated heterocycles. The summed E-state index contributed by atoms with van der Waals surface area (Å²) in [5.74, 6) is 1.69. The first-order valence-corrected chi connectivity index (χ1v) is 6.05. The predicted molar refractivity (Wildman–Crippen MR) is 74.2 cm³/mol. The number of nitrogens with zero attached hydrogens (tertiary/aromatic N) is 3. The number of aromatic nitrogens is 1. The van der Waals surface area contributed by atoms with Gasteiger partial charge in [0, 0.05) is 13.2 Å². The first-order valence-electron chi connectivity index (χ1n) is 6.05. The van der Waals surface area contributed by atoms with E-state index in [0.717, 1.165) is 18.1 Å². The van der Waals surface area contributed by atoms with Crippen molar-refractivity contribution in [3.05, 3.63) is 54.2 Å². The zero-order valence-electron chi connectivity index (χ0n) is 10.8. The lowest BCUT2D eigenvalue weighted by molar-refractivity contribution is 0.325. The molecule has 0 spiro atoms. The molecule has 2 rings (SSSR count). The summed E-state index contributed by atoms with van der Waals surface area (Å²) in [6, 6.07) is 15.4. The maximum absolute atomic E-state index is 8.71. The highest BCUT2D eigenvalue weighted by molar-refractivity contribution is 5.41. The van der Waals surface area contributed by atoms with Crippen molar-refractivity contribution in [2.45, 2.75) is 0 Å². The molecule has 0 saturated carbocycles. The summed E-state index contributed by atoms with van der Waals surface area (Å²) in [6.07, 6.45) is 1.57. The fourth-order valence-corrected chi connectivity index (χ4v) is 1.61. The number of nitriles is 1. The van der Waals surface area contributed by atoms with Crippen LogP contribution < -0.4 is 9.64 Å². The molecule has 0 aliphatic rings. The Morgan fingerprint density at radius 3 is 2.63 bits per heavy atom. The lowest BCUT2D eigenvalue weighted by atomic mass is 10.3. The van der Waals surface area contributed by atoms with Gasteiger partial charge < -0.3 is 9.64 Å². The van der Waals surface area contributed by atoms with Crippen LogP contribution >= 0.6 is 0 Å². The number of hydrogen-bond donors (Lipinski definition) is 0. The zero-order chi connectivity index (χ0) is 13.5. The Balaban J connectivity index is 1.84. The van der Waals surface area contributed by atoms with Crippen molar-refractivity contribution in [3.63, 3.8) is 0 Å². The second-order valence-electron chi connectivity index (χ2n) is 4.10. The van der Waals surface area contributed by atoms with Crippen LogP contribution in [0.3, 0.4) is 0 Å². The number of ether oxygens (including phenoxy) is 1. The van der Waals surface area contributed by atoms with Gasteiger partial charge in [0.25, 0.3) is 0 Å². The molecule has 0 amide bonds. The van der Waals surface area contributed by atoms with Crippen molar-refractivity contribution in [3.8, 4) is 11.8 Å². The number of hydrogen-bond acceptors (Lipinski definition) is 4. The minimum Gasteiger partial charge on any atom is -0.492 e. The largest absolute Gasteiger partial charge is 0.492 e. The second kappa shape index (κ2) is 6.41. The Bertz CT molecular complexity index is 546. The molecule has 4 nitrogen and oxygen atoms in total. The van der Waals surface area contributed by atoms with Crippen molar-refractivity contribution in [1.29, 1.82) is 5.26 Å². The number of likely N-dealkylation sites (N-methyl/N-ethyl adjacent to an activating group) is 1. The molecule has 0 unspecified atom stereocenters. The highest BCUT2D eigenvalue weighted by Gasteiger charge is 2.02. The molecule has 0 N–H and O–H groups in total. The van der Waals surface area contributed by atoms with Gasteiger partial charge in [-0.05, 0) is 24.3 Å². The number of para-hydroxylation sites is 1. The zero-order valence-corrected chi connectivity index (χ0v) is 10.8. The second-order valence-corrected chi connectivity index (χ2v) is 4.10. The summed E-state index contributed by atoms with van der Waals surface area (Å²) in [6.45, 7) is 1.32. The third kappa shape index (κ3) is 3.71. The van der Waals surface area contributed by atoms with Gasteiger partial charge in [-0.25, -0.2) is 4.98 Å². The van der Waals surface area contributed by atoms with Gasteiger partial charge in [-0.2, -0.15) is 5.26 Å². The van der Waals surface area contributed by atoms with E-state index in [9.17, 15) is 0 Å². The number of pyridine rings is 1. The molecular weight excluding hydrogens is 238 g/mol.